The summed E-state index contributed by atoms with van der Waals surface area (Å²) >= 11 is 0. The molecule has 0 bridgehead atoms. The third kappa shape index (κ3) is 2.68. The third-order valence-electron chi connectivity index (χ3n) is 4.00. The van der Waals surface area contributed by atoms with Crippen LogP contribution in [0.3, 0.4) is 0 Å². The van der Waals surface area contributed by atoms with E-state index in [1.807, 2.05) is 26.1 Å². The minimum Gasteiger partial charge on any atom is -0.384 e. The van der Waals surface area contributed by atoms with Gasteiger partial charge in [0.1, 0.15) is 5.82 Å². The molecule has 4 heteroatoms. The van der Waals surface area contributed by atoms with Gasteiger partial charge in [0.25, 0.3) is 0 Å². The van der Waals surface area contributed by atoms with Crippen molar-refractivity contribution in [2.45, 2.75) is 33.7 Å². The van der Waals surface area contributed by atoms with E-state index in [-0.39, 0.29) is 0 Å². The van der Waals surface area contributed by atoms with Crippen molar-refractivity contribution in [3.05, 3.63) is 18.3 Å². The zero-order chi connectivity index (χ0) is 14.0. The number of hydrogen-bond donors (Lipinski definition) is 1. The van der Waals surface area contributed by atoms with E-state index >= 15 is 0 Å². The van der Waals surface area contributed by atoms with Crippen LogP contribution in [-0.4, -0.2) is 42.1 Å². The van der Waals surface area contributed by atoms with Crippen molar-refractivity contribution in [3.63, 3.8) is 0 Å². The number of aromatic nitrogens is 1. The minimum atomic E-state index is 0.561. The quantitative estimate of drug-likeness (QED) is 0.887. The molecular formula is C15H26N4. The van der Waals surface area contributed by atoms with Gasteiger partial charge in [0.2, 0.25) is 0 Å². The lowest BCUT2D eigenvalue weighted by molar-refractivity contribution is -0.0411. The van der Waals surface area contributed by atoms with Gasteiger partial charge in [-0.25, -0.2) is 4.98 Å². The van der Waals surface area contributed by atoms with Gasteiger partial charge < -0.3 is 10.6 Å². The molecule has 4 nitrogen and oxygen atoms in total. The van der Waals surface area contributed by atoms with Gasteiger partial charge in [0.15, 0.2) is 0 Å². The van der Waals surface area contributed by atoms with Crippen molar-refractivity contribution in [1.29, 1.82) is 0 Å². The summed E-state index contributed by atoms with van der Waals surface area (Å²) < 4.78 is 0. The van der Waals surface area contributed by atoms with Gasteiger partial charge in [0, 0.05) is 37.6 Å². The van der Waals surface area contributed by atoms with Crippen LogP contribution in [0.1, 0.15) is 27.7 Å². The summed E-state index contributed by atoms with van der Waals surface area (Å²) in [5.74, 6) is 0.596. The second kappa shape index (κ2) is 5.37. The second-order valence-electron chi connectivity index (χ2n) is 5.80. The number of pyridine rings is 1. The minimum absolute atomic E-state index is 0.561. The number of nitrogens with two attached hydrogens (primary N) is 1. The van der Waals surface area contributed by atoms with E-state index in [4.69, 9.17) is 5.73 Å². The largest absolute Gasteiger partial charge is 0.384 e. The predicted molar refractivity (Wildman–Crippen MR) is 81.4 cm³/mol. The number of likely N-dealkylation sites (tertiary alicyclic amines) is 1. The topological polar surface area (TPSA) is 45.4 Å². The van der Waals surface area contributed by atoms with Crippen LogP contribution in [0.25, 0.3) is 0 Å². The molecule has 0 saturated carbocycles. The van der Waals surface area contributed by atoms with Gasteiger partial charge in [-0.3, -0.25) is 4.90 Å². The number of nitrogens with zero attached hydrogens (tertiary/aromatic N) is 3. The molecule has 2 aliphatic rings. The Kier molecular flexibility index (Phi) is 3.99. The van der Waals surface area contributed by atoms with Crippen molar-refractivity contribution in [3.8, 4) is 0 Å². The molecule has 0 aromatic carbocycles. The van der Waals surface area contributed by atoms with Crippen LogP contribution in [0.5, 0.6) is 0 Å². The molecule has 0 radical (unpaired) electrons. The molecule has 0 aliphatic carbocycles. The van der Waals surface area contributed by atoms with Crippen LogP contribution in [0, 0.1) is 5.41 Å². The molecule has 2 fully saturated rings. The fraction of sp³-hybridized carbons (Fsp3) is 0.667. The molecule has 1 aromatic rings. The zero-order valence-corrected chi connectivity index (χ0v) is 12.6. The highest BCUT2D eigenvalue weighted by Crippen LogP contribution is 2.42. The highest BCUT2D eigenvalue weighted by Gasteiger charge is 2.52. The van der Waals surface area contributed by atoms with Crippen LogP contribution < -0.4 is 10.6 Å². The monoisotopic (exact) mass is 262 g/mol. The molecule has 0 unspecified atom stereocenters. The maximum absolute atomic E-state index is 5.59. The van der Waals surface area contributed by atoms with Gasteiger partial charge in [-0.15, -0.1) is 0 Å². The lowest BCUT2D eigenvalue weighted by atomic mass is 9.72. The first-order valence-corrected chi connectivity index (χ1v) is 7.29. The van der Waals surface area contributed by atoms with Gasteiger partial charge in [-0.1, -0.05) is 13.8 Å². The summed E-state index contributed by atoms with van der Waals surface area (Å²) in [5, 5.41) is 0. The Labute approximate surface area is 116 Å². The van der Waals surface area contributed by atoms with Crippen molar-refractivity contribution in [2.75, 3.05) is 36.8 Å². The molecule has 106 valence electrons. The van der Waals surface area contributed by atoms with E-state index in [1.165, 1.54) is 31.9 Å². The fourth-order valence-electron chi connectivity index (χ4n) is 2.91. The van der Waals surface area contributed by atoms with E-state index in [9.17, 15) is 0 Å². The average Bonchev–Trinajstić information content (AvgIpc) is 2.30. The summed E-state index contributed by atoms with van der Waals surface area (Å²) in [6.45, 7) is 13.4. The molecule has 1 spiro atoms. The van der Waals surface area contributed by atoms with E-state index in [0.717, 1.165) is 0 Å². The predicted octanol–water partition coefficient (Wildman–Crippen LogP) is 2.22. The van der Waals surface area contributed by atoms with Crippen LogP contribution in [-0.2, 0) is 0 Å². The Morgan fingerprint density at radius 3 is 2.26 bits per heavy atom. The molecular weight excluding hydrogens is 236 g/mol. The summed E-state index contributed by atoms with van der Waals surface area (Å²) in [4.78, 5) is 9.08. The second-order valence-corrected chi connectivity index (χ2v) is 5.80. The zero-order valence-electron chi connectivity index (χ0n) is 12.6. The molecule has 2 N–H and O–H groups in total. The molecule has 0 amide bonds. The molecule has 2 aliphatic heterocycles. The third-order valence-corrected chi connectivity index (χ3v) is 4.00. The van der Waals surface area contributed by atoms with Crippen LogP contribution in [0.15, 0.2) is 18.3 Å². The Morgan fingerprint density at radius 1 is 1.16 bits per heavy atom. The molecule has 2 saturated heterocycles. The smallest absolute Gasteiger partial charge is 0.123 e. The molecule has 1 aromatic heterocycles. The van der Waals surface area contributed by atoms with Crippen LogP contribution in [0.2, 0.25) is 0 Å². The Morgan fingerprint density at radius 2 is 1.79 bits per heavy atom. The number of hydrogen-bond acceptors (Lipinski definition) is 4. The lowest BCUT2D eigenvalue weighted by Gasteiger charge is -2.62. The van der Waals surface area contributed by atoms with Crippen molar-refractivity contribution < 1.29 is 0 Å². The summed E-state index contributed by atoms with van der Waals surface area (Å²) in [7, 11) is 0. The summed E-state index contributed by atoms with van der Waals surface area (Å²) in [6, 6.07) is 4.63. The highest BCUT2D eigenvalue weighted by atomic mass is 15.3. The molecule has 3 rings (SSSR count). The van der Waals surface area contributed by atoms with Gasteiger partial charge >= 0.3 is 0 Å². The lowest BCUT2D eigenvalue weighted by Crippen LogP contribution is -2.73. The standard InChI is InChI=1S/C13H20N4.C2H6/c1-10(2)16-6-13(7-16)8-17(9-13)11-3-4-12(14)15-5-11;1-2/h3-5,10H,6-9H2,1-2H3,(H2,14,15);1-2H3. The normalized spacial score (nSPS) is 20.6. The van der Waals surface area contributed by atoms with Gasteiger partial charge in [-0.05, 0) is 26.0 Å². The highest BCUT2D eigenvalue weighted by molar-refractivity contribution is 5.51. The van der Waals surface area contributed by atoms with Crippen molar-refractivity contribution in [1.82, 2.24) is 9.88 Å². The van der Waals surface area contributed by atoms with E-state index in [2.05, 4.69) is 34.7 Å². The fourth-order valence-corrected chi connectivity index (χ4v) is 2.91. The summed E-state index contributed by atoms with van der Waals surface area (Å²) in [5.41, 5.74) is 7.35. The van der Waals surface area contributed by atoms with Crippen LogP contribution >= 0.6 is 0 Å². The molecule has 19 heavy (non-hydrogen) atoms. The van der Waals surface area contributed by atoms with Crippen molar-refractivity contribution >= 4 is 11.5 Å². The Balaban J connectivity index is 0.000000637. The molecule has 3 heterocycles. The number of rotatable bonds is 2. The average molecular weight is 262 g/mol. The maximum atomic E-state index is 5.59. The Bertz CT molecular complexity index is 399. The SMILES string of the molecule is CC.CC(C)N1CC2(CN(c3ccc(N)nc3)C2)C1. The molecule has 0 atom stereocenters. The van der Waals surface area contributed by atoms with Gasteiger partial charge in [0.05, 0.1) is 11.9 Å². The van der Waals surface area contributed by atoms with E-state index in [1.54, 1.807) is 0 Å². The first-order chi connectivity index (χ1) is 9.08. The van der Waals surface area contributed by atoms with E-state index in [0.29, 0.717) is 17.3 Å². The number of anilines is 2. The number of nitrogen functional groups attached to an aromatic ring is 1. The van der Waals surface area contributed by atoms with Gasteiger partial charge in [-0.2, -0.15) is 0 Å². The van der Waals surface area contributed by atoms with Crippen molar-refractivity contribution in [2.24, 2.45) is 5.41 Å². The first kappa shape index (κ1) is 14.1. The first-order valence-electron chi connectivity index (χ1n) is 7.29. The van der Waals surface area contributed by atoms with Crippen LogP contribution in [0.4, 0.5) is 11.5 Å². The maximum Gasteiger partial charge on any atom is 0.123 e. The van der Waals surface area contributed by atoms with E-state index < -0.39 is 0 Å². The Hall–Kier alpha value is -1.29. The summed E-state index contributed by atoms with van der Waals surface area (Å²) in [6.07, 6.45) is 1.88.